The van der Waals surface area contributed by atoms with E-state index in [0.29, 0.717) is 28.8 Å². The number of rotatable bonds is 9. The van der Waals surface area contributed by atoms with E-state index in [1.807, 2.05) is 36.4 Å². The molecule has 0 aliphatic rings. The zero-order valence-corrected chi connectivity index (χ0v) is 24.0. The first-order valence-corrected chi connectivity index (χ1v) is 13.1. The van der Waals surface area contributed by atoms with Crippen LogP contribution in [0.25, 0.3) is 22.8 Å². The molecule has 2 aromatic heterocycles. The van der Waals surface area contributed by atoms with Crippen LogP contribution in [0.4, 0.5) is 4.79 Å². The second-order valence-electron chi connectivity index (χ2n) is 11.3. The van der Waals surface area contributed by atoms with Gasteiger partial charge in [0.15, 0.2) is 0 Å². The SMILES string of the molecule is CC(C)(C)OC(=O)CC(Cn1nnc(-c2ccc(Oc3ccc(-c4ncco4)cc3)cc2)n1)NC(=O)OC(C)(C)C. The Morgan fingerprint density at radius 3 is 2.07 bits per heavy atom. The number of carbonyl (C=O) groups is 2. The van der Waals surface area contributed by atoms with Crippen molar-refractivity contribution in [2.75, 3.05) is 0 Å². The minimum Gasteiger partial charge on any atom is -0.460 e. The third-order valence-electron chi connectivity index (χ3n) is 5.27. The number of benzene rings is 2. The van der Waals surface area contributed by atoms with Gasteiger partial charge in [0.1, 0.15) is 29.0 Å². The van der Waals surface area contributed by atoms with E-state index < -0.39 is 29.3 Å². The van der Waals surface area contributed by atoms with Gasteiger partial charge in [0, 0.05) is 11.1 Å². The maximum absolute atomic E-state index is 12.5. The van der Waals surface area contributed by atoms with Crippen LogP contribution in [0.2, 0.25) is 0 Å². The molecule has 41 heavy (non-hydrogen) atoms. The van der Waals surface area contributed by atoms with Gasteiger partial charge in [0.2, 0.25) is 11.7 Å². The lowest BCUT2D eigenvalue weighted by atomic mass is 10.1. The molecule has 0 radical (unpaired) electrons. The highest BCUT2D eigenvalue weighted by molar-refractivity contribution is 5.73. The minimum absolute atomic E-state index is 0.0796. The summed E-state index contributed by atoms with van der Waals surface area (Å²) in [5, 5.41) is 15.4. The molecular formula is C29H34N6O6. The largest absolute Gasteiger partial charge is 0.460 e. The molecule has 1 atom stereocenters. The average Bonchev–Trinajstić information content (AvgIpc) is 3.55. The number of aromatic nitrogens is 5. The molecule has 0 aliphatic heterocycles. The lowest BCUT2D eigenvalue weighted by Crippen LogP contribution is -2.43. The zero-order valence-electron chi connectivity index (χ0n) is 24.0. The standard InChI is InChI=1S/C29H34N6O6/c1-28(2,3)40-24(36)17-21(31-27(37)41-29(4,5)6)18-35-33-25(32-34-35)19-7-11-22(12-8-19)39-23-13-9-20(10-14-23)26-30-15-16-38-26/h7-16,21H,17-18H2,1-6H3,(H,31,37). The third kappa shape index (κ3) is 9.16. The van der Waals surface area contributed by atoms with Crippen molar-refractivity contribution in [3.05, 3.63) is 61.0 Å². The monoisotopic (exact) mass is 562 g/mol. The number of nitrogens with zero attached hydrogens (tertiary/aromatic N) is 5. The van der Waals surface area contributed by atoms with Crippen LogP contribution in [0, 0.1) is 0 Å². The van der Waals surface area contributed by atoms with E-state index in [1.54, 1.807) is 59.9 Å². The van der Waals surface area contributed by atoms with Crippen LogP contribution in [0.1, 0.15) is 48.0 Å². The molecule has 1 amide bonds. The fraction of sp³-hybridized carbons (Fsp3) is 0.379. The number of carbonyl (C=O) groups excluding carboxylic acids is 2. The van der Waals surface area contributed by atoms with Crippen LogP contribution in [-0.4, -0.2) is 54.5 Å². The Morgan fingerprint density at radius 2 is 1.51 bits per heavy atom. The van der Waals surface area contributed by atoms with Gasteiger partial charge in [-0.1, -0.05) is 0 Å². The van der Waals surface area contributed by atoms with Crippen molar-refractivity contribution >= 4 is 12.1 Å². The lowest BCUT2D eigenvalue weighted by molar-refractivity contribution is -0.155. The van der Waals surface area contributed by atoms with Crippen molar-refractivity contribution < 1.29 is 28.2 Å². The fourth-order valence-electron chi connectivity index (χ4n) is 3.69. The van der Waals surface area contributed by atoms with Gasteiger partial charge in [-0.3, -0.25) is 4.79 Å². The Balaban J connectivity index is 1.40. The molecule has 4 rings (SSSR count). The molecule has 0 saturated heterocycles. The molecule has 0 fully saturated rings. The van der Waals surface area contributed by atoms with Crippen molar-refractivity contribution in [1.29, 1.82) is 0 Å². The summed E-state index contributed by atoms with van der Waals surface area (Å²) in [7, 11) is 0. The van der Waals surface area contributed by atoms with E-state index in [4.69, 9.17) is 18.6 Å². The zero-order chi connectivity index (χ0) is 29.6. The van der Waals surface area contributed by atoms with E-state index in [0.717, 1.165) is 5.56 Å². The van der Waals surface area contributed by atoms with Crippen molar-refractivity contribution in [1.82, 2.24) is 30.5 Å². The molecular weight excluding hydrogens is 528 g/mol. The molecule has 1 N–H and O–H groups in total. The maximum Gasteiger partial charge on any atom is 0.407 e. The summed E-state index contributed by atoms with van der Waals surface area (Å²) < 4.78 is 22.0. The third-order valence-corrected chi connectivity index (χ3v) is 5.27. The van der Waals surface area contributed by atoms with Crippen LogP contribution in [0.15, 0.2) is 65.4 Å². The highest BCUT2D eigenvalue weighted by Crippen LogP contribution is 2.26. The van der Waals surface area contributed by atoms with Gasteiger partial charge in [-0.05, 0) is 95.3 Å². The summed E-state index contributed by atoms with van der Waals surface area (Å²) in [4.78, 5) is 30.4. The number of amides is 1. The minimum atomic E-state index is -0.698. The maximum atomic E-state index is 12.5. The van der Waals surface area contributed by atoms with Crippen molar-refractivity contribution in [3.8, 4) is 34.3 Å². The summed E-state index contributed by atoms with van der Waals surface area (Å²) in [6, 6.07) is 13.9. The Hall–Kier alpha value is -4.74. The highest BCUT2D eigenvalue weighted by atomic mass is 16.6. The van der Waals surface area contributed by atoms with Gasteiger partial charge in [-0.2, -0.15) is 4.80 Å². The Morgan fingerprint density at radius 1 is 0.902 bits per heavy atom. The lowest BCUT2D eigenvalue weighted by Gasteiger charge is -2.24. The van der Waals surface area contributed by atoms with Gasteiger partial charge >= 0.3 is 12.1 Å². The summed E-state index contributed by atoms with van der Waals surface area (Å²) in [6.45, 7) is 10.7. The number of tetrazole rings is 1. The topological polar surface area (TPSA) is 143 Å². The van der Waals surface area contributed by atoms with Crippen molar-refractivity contribution in [2.24, 2.45) is 0 Å². The summed E-state index contributed by atoms with van der Waals surface area (Å²) >= 11 is 0. The number of nitrogens with one attached hydrogen (secondary N) is 1. The predicted octanol–water partition coefficient (Wildman–Crippen LogP) is 5.41. The summed E-state index contributed by atoms with van der Waals surface area (Å²) in [5.41, 5.74) is 0.201. The Labute approximate surface area is 238 Å². The number of esters is 1. The number of alkyl carbamates (subject to hydrolysis) is 1. The van der Waals surface area contributed by atoms with Gasteiger partial charge in [0.25, 0.3) is 0 Å². The van der Waals surface area contributed by atoms with Crippen LogP contribution < -0.4 is 10.1 Å². The molecule has 1 unspecified atom stereocenters. The summed E-state index contributed by atoms with van der Waals surface area (Å²) in [6.07, 6.45) is 2.36. The number of hydrogen-bond donors (Lipinski definition) is 1. The molecule has 0 aliphatic carbocycles. The predicted molar refractivity (Wildman–Crippen MR) is 149 cm³/mol. The van der Waals surface area contributed by atoms with E-state index in [-0.39, 0.29) is 13.0 Å². The van der Waals surface area contributed by atoms with Crippen LogP contribution in [-0.2, 0) is 20.8 Å². The second kappa shape index (κ2) is 12.2. The molecule has 12 nitrogen and oxygen atoms in total. The smallest absolute Gasteiger partial charge is 0.407 e. The first-order valence-electron chi connectivity index (χ1n) is 13.1. The molecule has 12 heteroatoms. The molecule has 4 aromatic rings. The van der Waals surface area contributed by atoms with E-state index >= 15 is 0 Å². The second-order valence-corrected chi connectivity index (χ2v) is 11.3. The molecule has 0 bridgehead atoms. The molecule has 2 aromatic carbocycles. The highest BCUT2D eigenvalue weighted by Gasteiger charge is 2.25. The molecule has 2 heterocycles. The van der Waals surface area contributed by atoms with Crippen LogP contribution >= 0.6 is 0 Å². The quantitative estimate of drug-likeness (QED) is 0.263. The normalized spacial score (nSPS) is 12.4. The van der Waals surface area contributed by atoms with Gasteiger partial charge < -0.3 is 23.9 Å². The van der Waals surface area contributed by atoms with E-state index in [9.17, 15) is 9.59 Å². The Bertz CT molecular complexity index is 1400. The molecule has 0 spiro atoms. The fourth-order valence-corrected chi connectivity index (χ4v) is 3.69. The first kappa shape index (κ1) is 29.2. The van der Waals surface area contributed by atoms with E-state index in [1.165, 1.54) is 11.1 Å². The van der Waals surface area contributed by atoms with E-state index in [2.05, 4.69) is 25.7 Å². The van der Waals surface area contributed by atoms with Gasteiger partial charge in [-0.25, -0.2) is 9.78 Å². The molecule has 216 valence electrons. The van der Waals surface area contributed by atoms with Crippen LogP contribution in [0.3, 0.4) is 0 Å². The first-order chi connectivity index (χ1) is 19.3. The Kier molecular flexibility index (Phi) is 8.70. The number of hydrogen-bond acceptors (Lipinski definition) is 10. The van der Waals surface area contributed by atoms with Gasteiger partial charge in [-0.15, -0.1) is 10.2 Å². The molecule has 0 saturated carbocycles. The van der Waals surface area contributed by atoms with Crippen molar-refractivity contribution in [3.63, 3.8) is 0 Å². The number of ether oxygens (including phenoxy) is 3. The average molecular weight is 563 g/mol. The van der Waals surface area contributed by atoms with Gasteiger partial charge in [0.05, 0.1) is 25.2 Å². The van der Waals surface area contributed by atoms with Crippen LogP contribution in [0.5, 0.6) is 11.5 Å². The number of oxazole rings is 1. The van der Waals surface area contributed by atoms with Crippen molar-refractivity contribution in [2.45, 2.75) is 71.8 Å². The summed E-state index contributed by atoms with van der Waals surface area (Å²) in [5.74, 6) is 1.73.